The molecule has 0 spiro atoms. The predicted molar refractivity (Wildman–Crippen MR) is 77.5 cm³/mol. The first-order chi connectivity index (χ1) is 8.99. The van der Waals surface area contributed by atoms with Crippen molar-refractivity contribution in [2.24, 2.45) is 7.05 Å². The van der Waals surface area contributed by atoms with Crippen LogP contribution in [0.3, 0.4) is 0 Å². The van der Waals surface area contributed by atoms with Crippen molar-refractivity contribution in [2.45, 2.75) is 26.4 Å². The van der Waals surface area contributed by atoms with Gasteiger partial charge in [-0.2, -0.15) is 5.10 Å². The Morgan fingerprint density at radius 1 is 1.42 bits per heavy atom. The lowest BCUT2D eigenvalue weighted by Gasteiger charge is -2.07. The van der Waals surface area contributed by atoms with Crippen LogP contribution >= 0.6 is 11.6 Å². The summed E-state index contributed by atoms with van der Waals surface area (Å²) in [5.74, 6) is 0.874. The molecule has 2 aromatic rings. The minimum absolute atomic E-state index is 0.273. The van der Waals surface area contributed by atoms with E-state index in [1.807, 2.05) is 31.3 Å². The van der Waals surface area contributed by atoms with Crippen LogP contribution in [0.15, 0.2) is 24.3 Å². The van der Waals surface area contributed by atoms with Crippen molar-refractivity contribution in [1.29, 1.82) is 0 Å². The van der Waals surface area contributed by atoms with Crippen molar-refractivity contribution in [1.82, 2.24) is 9.78 Å². The van der Waals surface area contributed by atoms with Crippen LogP contribution in [0.1, 0.15) is 31.0 Å². The van der Waals surface area contributed by atoms with Gasteiger partial charge < -0.3 is 10.5 Å². The van der Waals surface area contributed by atoms with Crippen LogP contribution in [0.2, 0.25) is 5.02 Å². The molecule has 0 radical (unpaired) electrons. The van der Waals surface area contributed by atoms with Crippen molar-refractivity contribution in [2.75, 3.05) is 5.73 Å². The van der Waals surface area contributed by atoms with Crippen molar-refractivity contribution in [3.8, 4) is 5.88 Å². The highest BCUT2D eigenvalue weighted by Gasteiger charge is 2.17. The molecule has 0 aliphatic carbocycles. The van der Waals surface area contributed by atoms with Crippen LogP contribution in [0, 0.1) is 0 Å². The van der Waals surface area contributed by atoms with E-state index in [-0.39, 0.29) is 5.92 Å². The number of rotatable bonds is 4. The van der Waals surface area contributed by atoms with E-state index in [9.17, 15) is 0 Å². The molecular weight excluding hydrogens is 262 g/mol. The van der Waals surface area contributed by atoms with E-state index >= 15 is 0 Å². The molecule has 0 fully saturated rings. The Hall–Kier alpha value is -1.68. The summed E-state index contributed by atoms with van der Waals surface area (Å²) in [7, 11) is 1.83. The molecular formula is C14H18ClN3O. The quantitative estimate of drug-likeness (QED) is 0.934. The van der Waals surface area contributed by atoms with Gasteiger partial charge in [0, 0.05) is 12.1 Å². The summed E-state index contributed by atoms with van der Waals surface area (Å²) in [5.41, 5.74) is 8.54. The predicted octanol–water partition coefficient (Wildman–Crippen LogP) is 3.36. The molecule has 2 rings (SSSR count). The zero-order valence-corrected chi connectivity index (χ0v) is 12.1. The molecule has 0 atom stereocenters. The van der Waals surface area contributed by atoms with Gasteiger partial charge in [0.05, 0.1) is 5.69 Å². The second-order valence-corrected chi connectivity index (χ2v) is 5.24. The lowest BCUT2D eigenvalue weighted by Crippen LogP contribution is -2.02. The molecule has 2 N–H and O–H groups in total. The third kappa shape index (κ3) is 3.01. The maximum Gasteiger partial charge on any atom is 0.236 e. The summed E-state index contributed by atoms with van der Waals surface area (Å²) in [6, 6.07) is 7.56. The number of hydrogen-bond acceptors (Lipinski definition) is 3. The number of nitrogens with two attached hydrogens (primary N) is 1. The van der Waals surface area contributed by atoms with E-state index in [4.69, 9.17) is 22.1 Å². The molecule has 0 saturated carbocycles. The fourth-order valence-electron chi connectivity index (χ4n) is 1.92. The highest BCUT2D eigenvalue weighted by Crippen LogP contribution is 2.30. The average Bonchev–Trinajstić information content (AvgIpc) is 2.63. The Morgan fingerprint density at radius 3 is 2.74 bits per heavy atom. The van der Waals surface area contributed by atoms with Crippen LogP contribution in [0.5, 0.6) is 5.88 Å². The van der Waals surface area contributed by atoms with Gasteiger partial charge in [-0.3, -0.25) is 0 Å². The number of nitrogens with zero attached hydrogens (tertiary/aromatic N) is 2. The van der Waals surface area contributed by atoms with E-state index in [1.54, 1.807) is 4.68 Å². The first kappa shape index (κ1) is 13.7. The maximum atomic E-state index is 6.06. The molecule has 0 amide bonds. The topological polar surface area (TPSA) is 53.1 Å². The molecule has 0 bridgehead atoms. The third-order valence-electron chi connectivity index (χ3n) is 2.87. The lowest BCUT2D eigenvalue weighted by atomic mass is 10.1. The molecule has 1 aromatic heterocycles. The third-order valence-corrected chi connectivity index (χ3v) is 3.10. The van der Waals surface area contributed by atoms with Crippen LogP contribution in [-0.4, -0.2) is 9.78 Å². The number of benzene rings is 1. The largest absolute Gasteiger partial charge is 0.471 e. The monoisotopic (exact) mass is 279 g/mol. The summed E-state index contributed by atoms with van der Waals surface area (Å²) in [6.07, 6.45) is 0. The Morgan fingerprint density at radius 2 is 2.16 bits per heavy atom. The Balaban J connectivity index is 2.16. The van der Waals surface area contributed by atoms with E-state index in [2.05, 4.69) is 18.9 Å². The first-order valence-electron chi connectivity index (χ1n) is 6.18. The number of halogens is 1. The Bertz CT molecular complexity index is 578. The van der Waals surface area contributed by atoms with Gasteiger partial charge in [-0.15, -0.1) is 0 Å². The van der Waals surface area contributed by atoms with Gasteiger partial charge in [-0.1, -0.05) is 37.6 Å². The highest BCUT2D eigenvalue weighted by molar-refractivity contribution is 6.30. The van der Waals surface area contributed by atoms with Crippen LogP contribution in [0.25, 0.3) is 0 Å². The minimum Gasteiger partial charge on any atom is -0.471 e. The molecule has 0 unspecified atom stereocenters. The number of nitrogen functional groups attached to an aromatic ring is 1. The summed E-state index contributed by atoms with van der Waals surface area (Å²) in [4.78, 5) is 0. The Labute approximate surface area is 118 Å². The fraction of sp³-hybridized carbons (Fsp3) is 0.357. The van der Waals surface area contributed by atoms with Gasteiger partial charge in [0.15, 0.2) is 0 Å². The molecule has 1 heterocycles. The fourth-order valence-corrected chi connectivity index (χ4v) is 2.13. The smallest absolute Gasteiger partial charge is 0.236 e. The standard InChI is InChI=1S/C14H18ClN3O/c1-9(2)13-12(16)14(18(3)17-13)19-8-10-5-4-6-11(15)7-10/h4-7,9H,8,16H2,1-3H3. The maximum absolute atomic E-state index is 6.06. The number of hydrogen-bond donors (Lipinski definition) is 1. The van der Waals surface area contributed by atoms with Gasteiger partial charge in [0.1, 0.15) is 12.3 Å². The second kappa shape index (κ2) is 5.53. The minimum atomic E-state index is 0.273. The van der Waals surface area contributed by atoms with E-state index < -0.39 is 0 Å². The second-order valence-electron chi connectivity index (χ2n) is 4.80. The zero-order chi connectivity index (χ0) is 14.0. The van der Waals surface area contributed by atoms with E-state index in [0.717, 1.165) is 11.3 Å². The number of aromatic nitrogens is 2. The molecule has 0 aliphatic rings. The molecule has 4 nitrogen and oxygen atoms in total. The van der Waals surface area contributed by atoms with Gasteiger partial charge >= 0.3 is 0 Å². The molecule has 102 valence electrons. The van der Waals surface area contributed by atoms with Crippen molar-refractivity contribution in [3.63, 3.8) is 0 Å². The summed E-state index contributed by atoms with van der Waals surface area (Å²) < 4.78 is 7.43. The van der Waals surface area contributed by atoms with Gasteiger partial charge in [-0.25, -0.2) is 4.68 Å². The van der Waals surface area contributed by atoms with Gasteiger partial charge in [-0.05, 0) is 23.6 Å². The number of anilines is 1. The molecule has 0 aliphatic heterocycles. The Kier molecular flexibility index (Phi) is 4.00. The van der Waals surface area contributed by atoms with Crippen LogP contribution < -0.4 is 10.5 Å². The molecule has 19 heavy (non-hydrogen) atoms. The van der Waals surface area contributed by atoms with Crippen molar-refractivity contribution < 1.29 is 4.74 Å². The van der Waals surface area contributed by atoms with Crippen molar-refractivity contribution in [3.05, 3.63) is 40.5 Å². The van der Waals surface area contributed by atoms with Crippen LogP contribution in [0.4, 0.5) is 5.69 Å². The van der Waals surface area contributed by atoms with E-state index in [1.165, 1.54) is 0 Å². The van der Waals surface area contributed by atoms with E-state index in [0.29, 0.717) is 23.2 Å². The molecule has 5 heteroatoms. The summed E-state index contributed by atoms with van der Waals surface area (Å²) in [6.45, 7) is 4.53. The summed E-state index contributed by atoms with van der Waals surface area (Å²) >= 11 is 5.94. The van der Waals surface area contributed by atoms with Crippen LogP contribution in [-0.2, 0) is 13.7 Å². The normalized spacial score (nSPS) is 11.0. The zero-order valence-electron chi connectivity index (χ0n) is 11.4. The average molecular weight is 280 g/mol. The molecule has 0 saturated heterocycles. The molecule has 1 aromatic carbocycles. The number of ether oxygens (including phenoxy) is 1. The van der Waals surface area contributed by atoms with Gasteiger partial charge in [0.25, 0.3) is 0 Å². The first-order valence-corrected chi connectivity index (χ1v) is 6.56. The number of aryl methyl sites for hydroxylation is 1. The van der Waals surface area contributed by atoms with Crippen molar-refractivity contribution >= 4 is 17.3 Å². The summed E-state index contributed by atoms with van der Waals surface area (Å²) in [5, 5.41) is 5.08. The van der Waals surface area contributed by atoms with Gasteiger partial charge in [0.2, 0.25) is 5.88 Å². The highest BCUT2D eigenvalue weighted by atomic mass is 35.5. The SMILES string of the molecule is CC(C)c1nn(C)c(OCc2cccc(Cl)c2)c1N. The lowest BCUT2D eigenvalue weighted by molar-refractivity contribution is 0.280.